The maximum atomic E-state index is 10.4. The van der Waals surface area contributed by atoms with Crippen LogP contribution in [0.3, 0.4) is 0 Å². The van der Waals surface area contributed by atoms with E-state index in [1.165, 1.54) is 24.3 Å². The van der Waals surface area contributed by atoms with Gasteiger partial charge in [-0.05, 0) is 119 Å². The zero-order valence-corrected chi connectivity index (χ0v) is 46.3. The van der Waals surface area contributed by atoms with Crippen LogP contribution in [0.4, 0.5) is 17.1 Å². The zero-order chi connectivity index (χ0) is 60.0. The lowest BCUT2D eigenvalue weighted by atomic mass is 9.94. The minimum absolute atomic E-state index is 0.211. The van der Waals surface area contributed by atoms with E-state index in [0.717, 1.165) is 88.4 Å². The van der Waals surface area contributed by atoms with Crippen molar-refractivity contribution >= 4 is 60.7 Å². The molecule has 0 fully saturated rings. The van der Waals surface area contributed by atoms with E-state index in [0.29, 0.717) is 50.9 Å². The molecule has 0 aliphatic carbocycles. The third-order valence-electron chi connectivity index (χ3n) is 16.0. The summed E-state index contributed by atoms with van der Waals surface area (Å²) in [5.41, 5.74) is 14.9. The van der Waals surface area contributed by atoms with Gasteiger partial charge in [-0.1, -0.05) is 140 Å². The smallest absolute Gasteiger partial charge is 0.197 e. The quantitative estimate of drug-likeness (QED) is 0.130. The highest BCUT2D eigenvalue weighted by molar-refractivity contribution is 6.13. The van der Waals surface area contributed by atoms with Crippen LogP contribution in [0.5, 0.6) is 0 Å². The SMILES string of the molecule is [C-]#[N+]c1cc(C#N)c(-c2ccc3c(c2)c2ccccc2n3-c2ccc(-c3cc(-c4ccc(C#N)cc4)ccc3-n3c4ccccc4c4cc(-c5c(C#N)cc(C#N)cc5[N+]#[C-])ccc43)cc2-c2nc(-c3ccccc3)nc(-c3ccccc3)n2)c([N+]#[C-])c1. The number of nitriles is 4. The summed E-state index contributed by atoms with van der Waals surface area (Å²) in [7, 11) is 0. The second kappa shape index (κ2) is 21.7. The first-order chi connectivity index (χ1) is 43.3. The van der Waals surface area contributed by atoms with Crippen molar-refractivity contribution in [2.24, 2.45) is 0 Å². The zero-order valence-electron chi connectivity index (χ0n) is 46.3. The molecule has 11 aromatic carbocycles. The van der Waals surface area contributed by atoms with Gasteiger partial charge in [-0.15, -0.1) is 0 Å². The van der Waals surface area contributed by atoms with Crippen LogP contribution in [0.25, 0.3) is 148 Å². The number of hydrogen-bond donors (Lipinski definition) is 0. The molecular weight excluding hydrogens is 1080 g/mol. The van der Waals surface area contributed by atoms with Gasteiger partial charge < -0.3 is 9.13 Å². The third-order valence-corrected chi connectivity index (χ3v) is 16.0. The lowest BCUT2D eigenvalue weighted by Gasteiger charge is -2.19. The Kier molecular flexibility index (Phi) is 12.9. The van der Waals surface area contributed by atoms with Crippen molar-refractivity contribution in [2.75, 3.05) is 0 Å². The average molecular weight is 1120 g/mol. The number of benzene rings is 11. The Morgan fingerprint density at radius 3 is 1.31 bits per heavy atom. The summed E-state index contributed by atoms with van der Waals surface area (Å²) in [6.07, 6.45) is 0. The van der Waals surface area contributed by atoms with Gasteiger partial charge in [0.05, 0.1) is 88.6 Å². The summed E-state index contributed by atoms with van der Waals surface area (Å²) in [6.45, 7) is 23.9. The lowest BCUT2D eigenvalue weighted by Crippen LogP contribution is -2.04. The van der Waals surface area contributed by atoms with Crippen LogP contribution in [0, 0.1) is 65.0 Å². The highest BCUT2D eigenvalue weighted by Crippen LogP contribution is 2.46. The molecular formula is C76H38N12. The Hall–Kier alpha value is -13.5. The minimum Gasteiger partial charge on any atom is -0.309 e. The molecule has 0 unspecified atom stereocenters. The molecule has 12 nitrogen and oxygen atoms in total. The Balaban J connectivity index is 1.06. The van der Waals surface area contributed by atoms with Gasteiger partial charge in [0.2, 0.25) is 0 Å². The van der Waals surface area contributed by atoms with E-state index in [4.69, 9.17) is 34.7 Å². The van der Waals surface area contributed by atoms with Gasteiger partial charge >= 0.3 is 0 Å². The summed E-state index contributed by atoms with van der Waals surface area (Å²) in [5.74, 6) is 1.35. The summed E-state index contributed by atoms with van der Waals surface area (Å²) < 4.78 is 4.44. The van der Waals surface area contributed by atoms with Gasteiger partial charge in [0.15, 0.2) is 34.5 Å². The van der Waals surface area contributed by atoms with Gasteiger partial charge in [0, 0.05) is 66.1 Å². The fourth-order valence-corrected chi connectivity index (χ4v) is 12.0. The molecule has 0 N–H and O–H groups in total. The Labute approximate surface area is 504 Å². The minimum atomic E-state index is 0.211. The molecule has 0 bridgehead atoms. The number of fused-ring (bicyclic) bond motifs is 6. The van der Waals surface area contributed by atoms with E-state index in [2.05, 4.69) is 109 Å². The average Bonchev–Trinajstić information content (AvgIpc) is 1.63. The van der Waals surface area contributed by atoms with E-state index in [1.807, 2.05) is 146 Å². The fourth-order valence-electron chi connectivity index (χ4n) is 12.0. The second-order valence-corrected chi connectivity index (χ2v) is 20.8. The number of hydrogen-bond acceptors (Lipinski definition) is 7. The van der Waals surface area contributed by atoms with E-state index in [-0.39, 0.29) is 33.8 Å². The lowest BCUT2D eigenvalue weighted by molar-refractivity contribution is 1.06. The Bertz CT molecular complexity index is 5460. The van der Waals surface area contributed by atoms with Gasteiger partial charge in [-0.3, -0.25) is 0 Å². The Morgan fingerprint density at radius 2 is 0.773 bits per heavy atom. The van der Waals surface area contributed by atoms with E-state index >= 15 is 0 Å². The molecule has 0 atom stereocenters. The highest BCUT2D eigenvalue weighted by atomic mass is 15.1. The highest BCUT2D eigenvalue weighted by Gasteiger charge is 2.25. The number of aromatic nitrogens is 5. The predicted molar refractivity (Wildman–Crippen MR) is 344 cm³/mol. The molecule has 0 saturated heterocycles. The Morgan fingerprint density at radius 1 is 0.318 bits per heavy atom. The van der Waals surface area contributed by atoms with E-state index < -0.39 is 0 Å². The topological polar surface area (TPSA) is 157 Å². The van der Waals surface area contributed by atoms with Crippen molar-refractivity contribution in [3.8, 4) is 114 Å². The fraction of sp³-hybridized carbons (Fsp3) is 0. The van der Waals surface area contributed by atoms with Gasteiger partial charge in [0.1, 0.15) is 0 Å². The van der Waals surface area contributed by atoms with Crippen LogP contribution in [0.1, 0.15) is 22.3 Å². The molecule has 0 radical (unpaired) electrons. The summed E-state index contributed by atoms with van der Waals surface area (Å²) in [6, 6.07) is 83.0. The van der Waals surface area contributed by atoms with Crippen LogP contribution in [-0.2, 0) is 0 Å². The van der Waals surface area contributed by atoms with Crippen molar-refractivity contribution < 1.29 is 0 Å². The molecule has 3 heterocycles. The molecule has 0 saturated carbocycles. The largest absolute Gasteiger partial charge is 0.309 e. The molecule has 0 spiro atoms. The first-order valence-electron chi connectivity index (χ1n) is 27.7. The van der Waals surface area contributed by atoms with Crippen molar-refractivity contribution in [2.45, 2.75) is 0 Å². The van der Waals surface area contributed by atoms with Crippen molar-refractivity contribution in [3.63, 3.8) is 0 Å². The molecule has 0 amide bonds. The van der Waals surface area contributed by atoms with Crippen LogP contribution < -0.4 is 0 Å². The van der Waals surface area contributed by atoms with Crippen LogP contribution in [0.15, 0.2) is 231 Å². The van der Waals surface area contributed by atoms with Crippen molar-refractivity contribution in [1.29, 1.82) is 21.0 Å². The predicted octanol–water partition coefficient (Wildman–Crippen LogP) is 18.9. The molecule has 12 heteroatoms. The molecule has 0 aliphatic heterocycles. The van der Waals surface area contributed by atoms with E-state index in [9.17, 15) is 21.0 Å². The monoisotopic (exact) mass is 1120 g/mol. The van der Waals surface area contributed by atoms with E-state index in [1.54, 1.807) is 0 Å². The molecule has 88 heavy (non-hydrogen) atoms. The molecule has 14 aromatic rings. The van der Waals surface area contributed by atoms with Gasteiger partial charge in [-0.25, -0.2) is 29.5 Å². The molecule has 402 valence electrons. The van der Waals surface area contributed by atoms with Crippen LogP contribution in [0.2, 0.25) is 0 Å². The molecule has 0 aliphatic rings. The second-order valence-electron chi connectivity index (χ2n) is 20.8. The normalized spacial score (nSPS) is 10.9. The van der Waals surface area contributed by atoms with Gasteiger partial charge in [-0.2, -0.15) is 21.0 Å². The van der Waals surface area contributed by atoms with Crippen LogP contribution in [-0.4, -0.2) is 24.1 Å². The number of rotatable bonds is 9. The standard InChI is InChI=1S/C76H38N12/c1-81-57-36-56(45-80)73(65(41-57)83-3)54-29-33-70-62(40-54)59-19-11-13-21-67(59)88(70)71-31-27-52(38-63(71)76-85-74(49-14-6-4-7-15-49)84-75(86-76)50-16-8-5-9-17-50)60-37-51(48-24-22-46(42-77)23-25-48)26-30-68(60)87-66-20-12-10-18-58(66)61-39-53(28-32-69(61)87)72-55(44-79)34-47(43-78)35-64(72)82-2/h4-41H. The maximum absolute atomic E-state index is 10.4. The first kappa shape index (κ1) is 52.5. The summed E-state index contributed by atoms with van der Waals surface area (Å²) >= 11 is 0. The first-order valence-corrected chi connectivity index (χ1v) is 27.7. The molecule has 14 rings (SSSR count). The number of nitrogens with zero attached hydrogens (tertiary/aromatic N) is 12. The summed E-state index contributed by atoms with van der Waals surface area (Å²) in [5, 5.41) is 44.1. The van der Waals surface area contributed by atoms with Crippen molar-refractivity contribution in [3.05, 3.63) is 287 Å². The summed E-state index contributed by atoms with van der Waals surface area (Å²) in [4.78, 5) is 27.0. The number of para-hydroxylation sites is 2. The molecule has 3 aromatic heterocycles. The van der Waals surface area contributed by atoms with Crippen LogP contribution >= 0.6 is 0 Å². The maximum Gasteiger partial charge on any atom is 0.197 e. The van der Waals surface area contributed by atoms with Gasteiger partial charge in [0.25, 0.3) is 0 Å². The van der Waals surface area contributed by atoms with Crippen molar-refractivity contribution in [1.82, 2.24) is 24.1 Å². The third kappa shape index (κ3) is 8.85.